The SMILES string of the molecule is C[C@H]1CN(C(=O)[C@@H]2CCC(=O)N2)CCN1. The summed E-state index contributed by atoms with van der Waals surface area (Å²) in [7, 11) is 0. The first kappa shape index (κ1) is 10.4. The van der Waals surface area contributed by atoms with Gasteiger partial charge in [-0.1, -0.05) is 0 Å². The van der Waals surface area contributed by atoms with E-state index in [9.17, 15) is 9.59 Å². The van der Waals surface area contributed by atoms with Gasteiger partial charge in [0.1, 0.15) is 6.04 Å². The van der Waals surface area contributed by atoms with Crippen LogP contribution in [0.15, 0.2) is 0 Å². The van der Waals surface area contributed by atoms with E-state index in [2.05, 4.69) is 17.6 Å². The van der Waals surface area contributed by atoms with E-state index < -0.39 is 0 Å². The van der Waals surface area contributed by atoms with Gasteiger partial charge in [0, 0.05) is 32.1 Å². The molecule has 15 heavy (non-hydrogen) atoms. The van der Waals surface area contributed by atoms with Gasteiger partial charge in [0.2, 0.25) is 11.8 Å². The van der Waals surface area contributed by atoms with E-state index in [1.54, 1.807) is 0 Å². The highest BCUT2D eigenvalue weighted by molar-refractivity contribution is 5.90. The molecule has 5 nitrogen and oxygen atoms in total. The van der Waals surface area contributed by atoms with E-state index in [1.165, 1.54) is 0 Å². The summed E-state index contributed by atoms with van der Waals surface area (Å²) in [6, 6.07) is 0.0719. The Labute approximate surface area is 89.2 Å². The number of rotatable bonds is 1. The topological polar surface area (TPSA) is 61.4 Å². The minimum Gasteiger partial charge on any atom is -0.344 e. The zero-order valence-electron chi connectivity index (χ0n) is 8.95. The molecule has 2 atom stereocenters. The van der Waals surface area contributed by atoms with Crippen LogP contribution in [0.25, 0.3) is 0 Å². The maximum atomic E-state index is 12.0. The fourth-order valence-electron chi connectivity index (χ4n) is 2.15. The molecule has 0 aromatic carbocycles. The number of hydrogen-bond acceptors (Lipinski definition) is 3. The van der Waals surface area contributed by atoms with Gasteiger partial charge in [-0.25, -0.2) is 0 Å². The van der Waals surface area contributed by atoms with Gasteiger partial charge >= 0.3 is 0 Å². The van der Waals surface area contributed by atoms with Gasteiger partial charge in [0.15, 0.2) is 0 Å². The molecule has 2 aliphatic heterocycles. The third-order valence-corrected chi connectivity index (χ3v) is 2.97. The zero-order chi connectivity index (χ0) is 10.8. The molecule has 0 bridgehead atoms. The van der Waals surface area contributed by atoms with Gasteiger partial charge in [0.25, 0.3) is 0 Å². The lowest BCUT2D eigenvalue weighted by molar-refractivity contribution is -0.135. The second-order valence-corrected chi connectivity index (χ2v) is 4.30. The molecule has 2 rings (SSSR count). The highest BCUT2D eigenvalue weighted by atomic mass is 16.2. The molecule has 0 unspecified atom stereocenters. The molecule has 2 heterocycles. The standard InChI is InChI=1S/C10H17N3O2/c1-7-6-13(5-4-11-7)10(15)8-2-3-9(14)12-8/h7-8,11H,2-6H2,1H3,(H,12,14)/t7-,8-/m0/s1. The summed E-state index contributed by atoms with van der Waals surface area (Å²) in [4.78, 5) is 24.8. The predicted molar refractivity (Wildman–Crippen MR) is 55.2 cm³/mol. The summed E-state index contributed by atoms with van der Waals surface area (Å²) < 4.78 is 0. The summed E-state index contributed by atoms with van der Waals surface area (Å²) >= 11 is 0. The lowest BCUT2D eigenvalue weighted by Gasteiger charge is -2.33. The first-order chi connectivity index (χ1) is 7.16. The predicted octanol–water partition coefficient (Wildman–Crippen LogP) is -0.915. The third-order valence-electron chi connectivity index (χ3n) is 2.97. The van der Waals surface area contributed by atoms with Crippen molar-refractivity contribution in [3.8, 4) is 0 Å². The molecule has 2 saturated heterocycles. The number of nitrogens with one attached hydrogen (secondary N) is 2. The molecule has 2 aliphatic rings. The second kappa shape index (κ2) is 4.18. The molecule has 84 valence electrons. The molecular formula is C10H17N3O2. The van der Waals surface area contributed by atoms with Crippen LogP contribution in [0.1, 0.15) is 19.8 Å². The van der Waals surface area contributed by atoms with Gasteiger partial charge in [-0.05, 0) is 13.3 Å². The highest BCUT2D eigenvalue weighted by Gasteiger charge is 2.32. The van der Waals surface area contributed by atoms with E-state index in [1.807, 2.05) is 4.90 Å². The fourth-order valence-corrected chi connectivity index (χ4v) is 2.15. The summed E-state index contributed by atoms with van der Waals surface area (Å²) in [5.74, 6) is 0.0748. The monoisotopic (exact) mass is 211 g/mol. The normalized spacial score (nSPS) is 31.5. The largest absolute Gasteiger partial charge is 0.344 e. The third kappa shape index (κ3) is 2.28. The lowest BCUT2D eigenvalue weighted by Crippen LogP contribution is -2.55. The number of hydrogen-bond donors (Lipinski definition) is 2. The molecule has 2 fully saturated rings. The highest BCUT2D eigenvalue weighted by Crippen LogP contribution is 2.11. The Hall–Kier alpha value is -1.10. The van der Waals surface area contributed by atoms with Crippen molar-refractivity contribution in [1.82, 2.24) is 15.5 Å². The van der Waals surface area contributed by atoms with Crippen molar-refractivity contribution in [2.24, 2.45) is 0 Å². The van der Waals surface area contributed by atoms with Crippen molar-refractivity contribution in [1.29, 1.82) is 0 Å². The van der Waals surface area contributed by atoms with Crippen LogP contribution in [0.3, 0.4) is 0 Å². The molecule has 0 aromatic heterocycles. The van der Waals surface area contributed by atoms with Crippen molar-refractivity contribution in [2.75, 3.05) is 19.6 Å². The minimum atomic E-state index is -0.275. The smallest absolute Gasteiger partial charge is 0.245 e. The van der Waals surface area contributed by atoms with Crippen molar-refractivity contribution < 1.29 is 9.59 Å². The van der Waals surface area contributed by atoms with E-state index >= 15 is 0 Å². The molecule has 2 N–H and O–H groups in total. The van der Waals surface area contributed by atoms with Gasteiger partial charge < -0.3 is 15.5 Å². The average molecular weight is 211 g/mol. The number of nitrogens with zero attached hydrogens (tertiary/aromatic N) is 1. The van der Waals surface area contributed by atoms with Crippen molar-refractivity contribution >= 4 is 11.8 Å². The Morgan fingerprint density at radius 1 is 1.53 bits per heavy atom. The molecule has 0 spiro atoms. The maximum absolute atomic E-state index is 12.0. The zero-order valence-corrected chi connectivity index (χ0v) is 8.95. The molecule has 0 aliphatic carbocycles. The summed E-state index contributed by atoms with van der Waals surface area (Å²) in [5.41, 5.74) is 0. The number of amides is 2. The van der Waals surface area contributed by atoms with Crippen LogP contribution in [0.2, 0.25) is 0 Å². The molecule has 0 aromatic rings. The van der Waals surface area contributed by atoms with Gasteiger partial charge in [-0.3, -0.25) is 9.59 Å². The number of piperazine rings is 1. The van der Waals surface area contributed by atoms with Gasteiger partial charge in [0.05, 0.1) is 0 Å². The van der Waals surface area contributed by atoms with Crippen molar-refractivity contribution in [2.45, 2.75) is 31.8 Å². The van der Waals surface area contributed by atoms with E-state index in [0.29, 0.717) is 18.9 Å². The van der Waals surface area contributed by atoms with Crippen molar-refractivity contribution in [3.05, 3.63) is 0 Å². The van der Waals surface area contributed by atoms with Crippen LogP contribution >= 0.6 is 0 Å². The quantitative estimate of drug-likeness (QED) is 0.590. The summed E-state index contributed by atoms with van der Waals surface area (Å²) in [5, 5.41) is 6.00. The van der Waals surface area contributed by atoms with E-state index in [4.69, 9.17) is 0 Å². The first-order valence-corrected chi connectivity index (χ1v) is 5.48. The van der Waals surface area contributed by atoms with E-state index in [-0.39, 0.29) is 17.9 Å². The average Bonchev–Trinajstić information content (AvgIpc) is 2.64. The van der Waals surface area contributed by atoms with Crippen LogP contribution in [0.5, 0.6) is 0 Å². The summed E-state index contributed by atoms with van der Waals surface area (Å²) in [6.07, 6.45) is 1.13. The second-order valence-electron chi connectivity index (χ2n) is 4.30. The van der Waals surface area contributed by atoms with Gasteiger partial charge in [-0.15, -0.1) is 0 Å². The Balaban J connectivity index is 1.92. The van der Waals surface area contributed by atoms with Crippen LogP contribution in [-0.4, -0.2) is 48.4 Å². The van der Waals surface area contributed by atoms with Crippen LogP contribution in [0.4, 0.5) is 0 Å². The Kier molecular flexibility index (Phi) is 2.90. The van der Waals surface area contributed by atoms with Crippen LogP contribution in [0, 0.1) is 0 Å². The van der Waals surface area contributed by atoms with E-state index in [0.717, 1.165) is 19.6 Å². The van der Waals surface area contributed by atoms with Crippen molar-refractivity contribution in [3.63, 3.8) is 0 Å². The minimum absolute atomic E-state index is 0.00321. The maximum Gasteiger partial charge on any atom is 0.245 e. The Bertz CT molecular complexity index is 280. The Morgan fingerprint density at radius 3 is 2.93 bits per heavy atom. The number of carbonyl (C=O) groups is 2. The molecule has 2 amide bonds. The molecular weight excluding hydrogens is 194 g/mol. The van der Waals surface area contributed by atoms with Gasteiger partial charge in [-0.2, -0.15) is 0 Å². The Morgan fingerprint density at radius 2 is 2.33 bits per heavy atom. The lowest BCUT2D eigenvalue weighted by atomic mass is 10.1. The van der Waals surface area contributed by atoms with Crippen LogP contribution in [-0.2, 0) is 9.59 Å². The molecule has 0 radical (unpaired) electrons. The number of carbonyl (C=O) groups excluding carboxylic acids is 2. The molecule has 5 heteroatoms. The summed E-state index contributed by atoms with van der Waals surface area (Å²) in [6.45, 7) is 4.39. The molecule has 0 saturated carbocycles. The first-order valence-electron chi connectivity index (χ1n) is 5.48. The van der Waals surface area contributed by atoms with Crippen LogP contribution < -0.4 is 10.6 Å². The fraction of sp³-hybridized carbons (Fsp3) is 0.800.